The topological polar surface area (TPSA) is 102 Å². The number of H-pyrrole nitrogens is 1. The van der Waals surface area contributed by atoms with Gasteiger partial charge in [-0.2, -0.15) is 21.6 Å². The lowest BCUT2D eigenvalue weighted by Gasteiger charge is -2.29. The zero-order valence-corrected chi connectivity index (χ0v) is 24.8. The molecule has 2 saturated carbocycles. The molecule has 228 valence electrons. The van der Waals surface area contributed by atoms with Crippen molar-refractivity contribution in [2.45, 2.75) is 87.9 Å². The van der Waals surface area contributed by atoms with E-state index in [4.69, 9.17) is 4.74 Å². The van der Waals surface area contributed by atoms with E-state index in [-0.39, 0.29) is 35.8 Å². The van der Waals surface area contributed by atoms with E-state index < -0.39 is 21.2 Å². The van der Waals surface area contributed by atoms with Crippen LogP contribution in [0.25, 0.3) is 22.4 Å². The number of aromatic nitrogens is 2. The van der Waals surface area contributed by atoms with Gasteiger partial charge in [0, 0.05) is 11.6 Å². The SMILES string of the molecule is CC(C)(C)OC(=O)N1C2CC2C[C@H]1c1ncc(-c2ccc(-c3ccc(OS(=O)(=O)C(F)(F)F)c4c3C3CCC4C3)cc2)[nH]1. The predicted molar refractivity (Wildman–Crippen MR) is 152 cm³/mol. The van der Waals surface area contributed by atoms with Gasteiger partial charge in [0.15, 0.2) is 0 Å². The Morgan fingerprint density at radius 1 is 0.953 bits per heavy atom. The summed E-state index contributed by atoms with van der Waals surface area (Å²) < 4.78 is 73.1. The third-order valence-electron chi connectivity index (χ3n) is 9.11. The first-order valence-electron chi connectivity index (χ1n) is 14.5. The van der Waals surface area contributed by atoms with E-state index >= 15 is 0 Å². The summed E-state index contributed by atoms with van der Waals surface area (Å²) in [7, 11) is -5.76. The molecule has 43 heavy (non-hydrogen) atoms. The van der Waals surface area contributed by atoms with Gasteiger partial charge < -0.3 is 13.9 Å². The number of imidazole rings is 1. The van der Waals surface area contributed by atoms with Crippen LogP contribution in [0.15, 0.2) is 42.6 Å². The Balaban J connectivity index is 1.15. The Hall–Kier alpha value is -3.54. The number of nitrogens with one attached hydrogen (secondary N) is 1. The second-order valence-electron chi connectivity index (χ2n) is 13.1. The minimum Gasteiger partial charge on any atom is -0.444 e. The fourth-order valence-corrected chi connectivity index (χ4v) is 7.71. The molecule has 2 heterocycles. The van der Waals surface area contributed by atoms with Crippen molar-refractivity contribution in [2.75, 3.05) is 0 Å². The van der Waals surface area contributed by atoms with E-state index in [0.29, 0.717) is 11.5 Å². The highest BCUT2D eigenvalue weighted by atomic mass is 32.2. The molecule has 4 aliphatic rings. The van der Waals surface area contributed by atoms with Gasteiger partial charge in [-0.3, -0.25) is 4.90 Å². The first-order valence-corrected chi connectivity index (χ1v) is 16.0. The third kappa shape index (κ3) is 4.87. The summed E-state index contributed by atoms with van der Waals surface area (Å²) in [6.07, 6.45) is 5.72. The van der Waals surface area contributed by atoms with Crippen molar-refractivity contribution in [3.8, 4) is 28.1 Å². The Kier molecular flexibility index (Phi) is 6.23. The number of rotatable bonds is 5. The molecule has 1 aromatic heterocycles. The molecule has 1 saturated heterocycles. The number of hydrogen-bond acceptors (Lipinski definition) is 6. The average Bonchev–Trinajstić information content (AvgIpc) is 3.40. The van der Waals surface area contributed by atoms with E-state index in [9.17, 15) is 26.4 Å². The van der Waals surface area contributed by atoms with Crippen molar-refractivity contribution >= 4 is 16.2 Å². The zero-order chi connectivity index (χ0) is 30.5. The fourth-order valence-electron chi connectivity index (χ4n) is 7.23. The number of aromatic amines is 1. The largest absolute Gasteiger partial charge is 0.534 e. The molecule has 3 aromatic rings. The summed E-state index contributed by atoms with van der Waals surface area (Å²) in [5, 5.41) is 0. The highest BCUT2D eigenvalue weighted by Crippen LogP contribution is 2.59. The molecule has 2 aromatic carbocycles. The number of halogens is 3. The Morgan fingerprint density at radius 2 is 1.63 bits per heavy atom. The molecule has 5 atom stereocenters. The molecule has 4 unspecified atom stereocenters. The summed E-state index contributed by atoms with van der Waals surface area (Å²) in [4.78, 5) is 22.8. The molecular formula is C31H32F3N3O5S. The number of benzene rings is 2. The van der Waals surface area contributed by atoms with Crippen LogP contribution in [-0.4, -0.2) is 46.5 Å². The van der Waals surface area contributed by atoms with Crippen molar-refractivity contribution in [3.05, 3.63) is 59.5 Å². The fraction of sp³-hybridized carbons (Fsp3) is 0.484. The van der Waals surface area contributed by atoms with E-state index in [1.54, 1.807) is 12.3 Å². The smallest absolute Gasteiger partial charge is 0.444 e. The van der Waals surface area contributed by atoms with Gasteiger partial charge in [0.1, 0.15) is 17.2 Å². The number of carbonyl (C=O) groups is 1. The molecule has 7 rings (SSSR count). The van der Waals surface area contributed by atoms with Crippen molar-refractivity contribution in [2.24, 2.45) is 5.92 Å². The van der Waals surface area contributed by atoms with Crippen LogP contribution >= 0.6 is 0 Å². The van der Waals surface area contributed by atoms with Crippen LogP contribution in [0.2, 0.25) is 0 Å². The summed E-state index contributed by atoms with van der Waals surface area (Å²) >= 11 is 0. The quantitative estimate of drug-likeness (QED) is 0.237. The number of ether oxygens (including phenoxy) is 1. The Labute approximate surface area is 247 Å². The molecule has 8 nitrogen and oxygen atoms in total. The normalized spacial score (nSPS) is 25.9. The molecule has 3 aliphatic carbocycles. The van der Waals surface area contributed by atoms with Gasteiger partial charge in [-0.05, 0) is 98.9 Å². The van der Waals surface area contributed by atoms with E-state index in [1.807, 2.05) is 49.9 Å². The van der Waals surface area contributed by atoms with Crippen LogP contribution in [-0.2, 0) is 14.9 Å². The second kappa shape index (κ2) is 9.48. The molecule has 0 radical (unpaired) electrons. The highest BCUT2D eigenvalue weighted by Gasteiger charge is 2.56. The number of fused-ring (bicyclic) bond motifs is 6. The molecule has 12 heteroatoms. The third-order valence-corrected chi connectivity index (χ3v) is 10.1. The number of alkyl halides is 3. The maximum Gasteiger partial charge on any atom is 0.534 e. The number of hydrogen-bond donors (Lipinski definition) is 1. The maximum atomic E-state index is 13.1. The lowest BCUT2D eigenvalue weighted by atomic mass is 9.85. The summed E-state index contributed by atoms with van der Waals surface area (Å²) in [5.74, 6) is 1.08. The first-order chi connectivity index (χ1) is 20.2. The summed E-state index contributed by atoms with van der Waals surface area (Å²) in [6.45, 7) is 5.57. The number of piperidine rings is 1. The van der Waals surface area contributed by atoms with Gasteiger partial charge in [-0.1, -0.05) is 30.3 Å². The number of amides is 1. The molecular weight excluding hydrogens is 583 g/mol. The standard InChI is InChI=1S/C31H32F3N3O5S/c1-30(2,3)41-29(38)37-23-13-20(23)14-24(37)28-35-15-22(36-28)17-6-4-16(5-7-17)21-10-11-25(42-43(39,40)31(32,33)34)27-19-9-8-18(12-19)26(21)27/h4-7,10-11,15,18-20,23-24H,8-9,12-14H2,1-3H3,(H,35,36)/t18?,19?,20?,23?,24-/m0/s1. The molecule has 3 fully saturated rings. The molecule has 0 spiro atoms. The van der Waals surface area contributed by atoms with Crippen molar-refractivity contribution in [3.63, 3.8) is 0 Å². The van der Waals surface area contributed by atoms with Crippen LogP contribution < -0.4 is 4.18 Å². The second-order valence-corrected chi connectivity index (χ2v) is 14.6. The molecule has 2 bridgehead atoms. The van der Waals surface area contributed by atoms with Gasteiger partial charge in [0.05, 0.1) is 17.9 Å². The summed E-state index contributed by atoms with van der Waals surface area (Å²) in [6, 6.07) is 10.8. The maximum absolute atomic E-state index is 13.1. The summed E-state index contributed by atoms with van der Waals surface area (Å²) in [5.41, 5.74) is -1.18. The highest BCUT2D eigenvalue weighted by molar-refractivity contribution is 7.88. The Bertz CT molecular complexity index is 1710. The predicted octanol–water partition coefficient (Wildman–Crippen LogP) is 7.41. The van der Waals surface area contributed by atoms with Gasteiger partial charge in [-0.25, -0.2) is 9.78 Å². The first kappa shape index (κ1) is 28.2. The van der Waals surface area contributed by atoms with Crippen LogP contribution in [0.1, 0.15) is 87.7 Å². The van der Waals surface area contributed by atoms with Crippen LogP contribution in [0, 0.1) is 5.92 Å². The van der Waals surface area contributed by atoms with Crippen molar-refractivity contribution in [1.82, 2.24) is 14.9 Å². The molecule has 1 N–H and O–H groups in total. The van der Waals surface area contributed by atoms with Crippen LogP contribution in [0.5, 0.6) is 5.75 Å². The number of nitrogens with zero attached hydrogens (tertiary/aromatic N) is 2. The minimum absolute atomic E-state index is 0.0251. The number of carbonyl (C=O) groups excluding carboxylic acids is 1. The molecule has 1 amide bonds. The lowest BCUT2D eigenvalue weighted by Crippen LogP contribution is -2.38. The van der Waals surface area contributed by atoms with E-state index in [2.05, 4.69) is 14.2 Å². The van der Waals surface area contributed by atoms with Crippen LogP contribution in [0.4, 0.5) is 18.0 Å². The minimum atomic E-state index is -5.76. The lowest BCUT2D eigenvalue weighted by molar-refractivity contribution is -0.0500. The van der Waals surface area contributed by atoms with E-state index in [0.717, 1.165) is 65.9 Å². The van der Waals surface area contributed by atoms with E-state index in [1.165, 1.54) is 6.07 Å². The van der Waals surface area contributed by atoms with Gasteiger partial charge in [-0.15, -0.1) is 0 Å². The monoisotopic (exact) mass is 615 g/mol. The van der Waals surface area contributed by atoms with Crippen molar-refractivity contribution < 1.29 is 35.3 Å². The number of likely N-dealkylation sites (tertiary alicyclic amines) is 1. The van der Waals surface area contributed by atoms with Crippen LogP contribution in [0.3, 0.4) is 0 Å². The zero-order valence-electron chi connectivity index (χ0n) is 23.9. The Morgan fingerprint density at radius 3 is 2.30 bits per heavy atom. The van der Waals surface area contributed by atoms with Gasteiger partial charge >= 0.3 is 21.7 Å². The molecule has 1 aliphatic heterocycles. The van der Waals surface area contributed by atoms with Crippen molar-refractivity contribution in [1.29, 1.82) is 0 Å². The van der Waals surface area contributed by atoms with Gasteiger partial charge in [0.25, 0.3) is 0 Å². The average molecular weight is 616 g/mol. The van der Waals surface area contributed by atoms with Gasteiger partial charge in [0.2, 0.25) is 0 Å².